The maximum absolute atomic E-state index is 12.9. The van der Waals surface area contributed by atoms with Crippen LogP contribution in [0.1, 0.15) is 32.4 Å². The molecule has 0 radical (unpaired) electrons. The Labute approximate surface area is 121 Å². The average Bonchev–Trinajstić information content (AvgIpc) is 2.45. The van der Waals surface area contributed by atoms with Crippen LogP contribution in [0.5, 0.6) is 0 Å². The zero-order valence-electron chi connectivity index (χ0n) is 12.0. The molecular weight excluding hydrogens is 283 g/mol. The van der Waals surface area contributed by atoms with E-state index in [0.717, 1.165) is 12.5 Å². The van der Waals surface area contributed by atoms with Crippen molar-refractivity contribution in [2.75, 3.05) is 29.9 Å². The summed E-state index contributed by atoms with van der Waals surface area (Å²) in [5.74, 6) is 0.130. The van der Waals surface area contributed by atoms with E-state index in [0.29, 0.717) is 19.6 Å². The van der Waals surface area contributed by atoms with Crippen LogP contribution in [0.4, 0.5) is 24.9 Å². The van der Waals surface area contributed by atoms with Gasteiger partial charge in [-0.25, -0.2) is 4.98 Å². The summed E-state index contributed by atoms with van der Waals surface area (Å²) >= 11 is 0. The summed E-state index contributed by atoms with van der Waals surface area (Å²) in [4.78, 5) is 9.23. The average molecular weight is 301 g/mol. The molecule has 1 heterocycles. The summed E-state index contributed by atoms with van der Waals surface area (Å²) < 4.78 is 38.7. The van der Waals surface area contributed by atoms with Gasteiger partial charge in [-0.2, -0.15) is 23.4 Å². The third-order valence-electron chi connectivity index (χ3n) is 2.74. The van der Waals surface area contributed by atoms with Gasteiger partial charge in [0, 0.05) is 25.7 Å². The van der Waals surface area contributed by atoms with Crippen LogP contribution < -0.4 is 10.2 Å². The Hall–Kier alpha value is -2.04. The third-order valence-corrected chi connectivity index (χ3v) is 2.74. The van der Waals surface area contributed by atoms with E-state index in [1.54, 1.807) is 11.8 Å². The van der Waals surface area contributed by atoms with Gasteiger partial charge < -0.3 is 10.2 Å². The summed E-state index contributed by atoms with van der Waals surface area (Å²) in [6.45, 7) is 4.97. The molecule has 0 unspecified atom stereocenters. The Bertz CT molecular complexity index is 496. The van der Waals surface area contributed by atoms with Crippen molar-refractivity contribution in [2.24, 2.45) is 0 Å². The predicted octanol–water partition coefficient (Wildman–Crippen LogP) is 3.06. The van der Waals surface area contributed by atoms with Crippen molar-refractivity contribution in [3.63, 3.8) is 0 Å². The van der Waals surface area contributed by atoms with Gasteiger partial charge in [0.1, 0.15) is 5.82 Å². The number of alkyl halides is 3. The quantitative estimate of drug-likeness (QED) is 0.838. The lowest BCUT2D eigenvalue weighted by atomic mass is 10.3. The molecule has 0 aliphatic rings. The highest BCUT2D eigenvalue weighted by Gasteiger charge is 2.34. The highest BCUT2D eigenvalue weighted by molar-refractivity contribution is 5.45. The fourth-order valence-electron chi connectivity index (χ4n) is 1.68. The third kappa shape index (κ3) is 5.10. The Balaban J connectivity index is 3.13. The standard InChI is InChI=1S/C13H18F3N5/c1-3-7-18-12-19-10(13(14,15)16)9-11(20-12)21(4-2)8-5-6-17/h9H,3-5,7-8H2,1-2H3,(H,18,19,20). The number of nitriles is 1. The molecule has 0 atom stereocenters. The van der Waals surface area contributed by atoms with E-state index in [-0.39, 0.29) is 18.2 Å². The topological polar surface area (TPSA) is 64.8 Å². The highest BCUT2D eigenvalue weighted by atomic mass is 19.4. The summed E-state index contributed by atoms with van der Waals surface area (Å²) in [5, 5.41) is 11.4. The maximum Gasteiger partial charge on any atom is 0.433 e. The molecule has 8 heteroatoms. The van der Waals surface area contributed by atoms with Crippen molar-refractivity contribution in [3.05, 3.63) is 11.8 Å². The number of rotatable bonds is 7. The molecule has 0 saturated carbocycles. The van der Waals surface area contributed by atoms with Crippen LogP contribution in [0.25, 0.3) is 0 Å². The monoisotopic (exact) mass is 301 g/mol. The number of aromatic nitrogens is 2. The first-order valence-electron chi connectivity index (χ1n) is 6.74. The molecule has 0 aliphatic carbocycles. The van der Waals surface area contributed by atoms with Gasteiger partial charge in [-0.05, 0) is 13.3 Å². The SMILES string of the molecule is CCCNc1nc(N(CC)CCC#N)cc(C(F)(F)F)n1. The zero-order chi connectivity index (χ0) is 15.9. The number of halogens is 3. The van der Waals surface area contributed by atoms with Gasteiger partial charge in [0.05, 0.1) is 12.5 Å². The van der Waals surface area contributed by atoms with Crippen LogP contribution in [0.2, 0.25) is 0 Å². The molecule has 0 aromatic carbocycles. The van der Waals surface area contributed by atoms with E-state index in [1.165, 1.54) is 0 Å². The first-order chi connectivity index (χ1) is 9.92. The van der Waals surface area contributed by atoms with Gasteiger partial charge in [-0.15, -0.1) is 0 Å². The van der Waals surface area contributed by atoms with Crippen molar-refractivity contribution in [1.29, 1.82) is 5.26 Å². The molecule has 0 fully saturated rings. The van der Waals surface area contributed by atoms with Gasteiger partial charge in [-0.1, -0.05) is 6.92 Å². The van der Waals surface area contributed by atoms with Crippen LogP contribution in [0.15, 0.2) is 6.07 Å². The first-order valence-corrected chi connectivity index (χ1v) is 6.74. The van der Waals surface area contributed by atoms with E-state index >= 15 is 0 Å². The minimum absolute atomic E-state index is 0.0444. The van der Waals surface area contributed by atoms with Gasteiger partial charge >= 0.3 is 6.18 Å². The van der Waals surface area contributed by atoms with Crippen molar-refractivity contribution in [3.8, 4) is 6.07 Å². The predicted molar refractivity (Wildman–Crippen MR) is 73.9 cm³/mol. The van der Waals surface area contributed by atoms with E-state index in [2.05, 4.69) is 15.3 Å². The molecule has 0 saturated heterocycles. The Morgan fingerprint density at radius 2 is 2.05 bits per heavy atom. The van der Waals surface area contributed by atoms with E-state index in [1.807, 2.05) is 13.0 Å². The minimum atomic E-state index is -4.53. The molecule has 0 bridgehead atoms. The zero-order valence-corrected chi connectivity index (χ0v) is 12.0. The van der Waals surface area contributed by atoms with E-state index < -0.39 is 11.9 Å². The fourth-order valence-corrected chi connectivity index (χ4v) is 1.68. The number of nitrogens with zero attached hydrogens (tertiary/aromatic N) is 4. The smallest absolute Gasteiger partial charge is 0.356 e. The second-order valence-electron chi connectivity index (χ2n) is 4.35. The van der Waals surface area contributed by atoms with Gasteiger partial charge in [0.25, 0.3) is 0 Å². The summed E-state index contributed by atoms with van der Waals surface area (Å²) in [7, 11) is 0. The van der Waals surface area contributed by atoms with Crippen LogP contribution in [0, 0.1) is 11.3 Å². The van der Waals surface area contributed by atoms with Crippen molar-refractivity contribution >= 4 is 11.8 Å². The lowest BCUT2D eigenvalue weighted by molar-refractivity contribution is -0.141. The Kier molecular flexibility index (Phi) is 6.21. The summed E-state index contributed by atoms with van der Waals surface area (Å²) in [6, 6.07) is 2.89. The highest BCUT2D eigenvalue weighted by Crippen LogP contribution is 2.30. The molecule has 1 aromatic heterocycles. The van der Waals surface area contributed by atoms with Crippen molar-refractivity contribution in [1.82, 2.24) is 9.97 Å². The molecule has 1 rings (SSSR count). The first kappa shape index (κ1) is 17.0. The summed E-state index contributed by atoms with van der Waals surface area (Å²) in [5.41, 5.74) is -0.985. The van der Waals surface area contributed by atoms with E-state index in [9.17, 15) is 13.2 Å². The van der Waals surface area contributed by atoms with Gasteiger partial charge in [0.2, 0.25) is 5.95 Å². The molecule has 1 N–H and O–H groups in total. The number of nitrogens with one attached hydrogen (secondary N) is 1. The molecule has 21 heavy (non-hydrogen) atoms. The molecule has 5 nitrogen and oxygen atoms in total. The molecule has 0 amide bonds. The normalized spacial score (nSPS) is 11.0. The van der Waals surface area contributed by atoms with Crippen molar-refractivity contribution in [2.45, 2.75) is 32.9 Å². The van der Waals surface area contributed by atoms with Gasteiger partial charge in [-0.3, -0.25) is 0 Å². The lowest BCUT2D eigenvalue weighted by Crippen LogP contribution is -2.26. The largest absolute Gasteiger partial charge is 0.433 e. The molecule has 1 aromatic rings. The van der Waals surface area contributed by atoms with Crippen LogP contribution in [-0.2, 0) is 6.18 Å². The number of hydrogen-bond acceptors (Lipinski definition) is 5. The van der Waals surface area contributed by atoms with Crippen LogP contribution >= 0.6 is 0 Å². The fraction of sp³-hybridized carbons (Fsp3) is 0.615. The second-order valence-corrected chi connectivity index (χ2v) is 4.35. The molecule has 116 valence electrons. The number of anilines is 2. The molecule has 0 aliphatic heterocycles. The lowest BCUT2D eigenvalue weighted by Gasteiger charge is -2.22. The van der Waals surface area contributed by atoms with Crippen LogP contribution in [0.3, 0.4) is 0 Å². The van der Waals surface area contributed by atoms with E-state index in [4.69, 9.17) is 5.26 Å². The maximum atomic E-state index is 12.9. The van der Waals surface area contributed by atoms with Crippen molar-refractivity contribution < 1.29 is 13.2 Å². The second kappa shape index (κ2) is 7.67. The number of hydrogen-bond donors (Lipinski definition) is 1. The molecular formula is C13H18F3N5. The van der Waals surface area contributed by atoms with Gasteiger partial charge in [0.15, 0.2) is 5.69 Å². The minimum Gasteiger partial charge on any atom is -0.356 e. The Morgan fingerprint density at radius 3 is 2.57 bits per heavy atom. The summed E-state index contributed by atoms with van der Waals surface area (Å²) in [6.07, 6.45) is -3.56. The Morgan fingerprint density at radius 1 is 1.33 bits per heavy atom. The van der Waals surface area contributed by atoms with Crippen LogP contribution in [-0.4, -0.2) is 29.6 Å². The molecule has 0 spiro atoms.